The summed E-state index contributed by atoms with van der Waals surface area (Å²) in [5, 5.41) is 16.3. The van der Waals surface area contributed by atoms with E-state index in [4.69, 9.17) is 9.84 Å². The van der Waals surface area contributed by atoms with E-state index in [2.05, 4.69) is 47.6 Å². The number of hydrogen-bond donors (Lipinski definition) is 1. The Hall–Kier alpha value is -3.26. The molecule has 1 N–H and O–H groups in total. The fraction of sp³-hybridized carbons (Fsp3) is 0.417. The summed E-state index contributed by atoms with van der Waals surface area (Å²) in [6.45, 7) is 9.48. The van der Waals surface area contributed by atoms with Crippen molar-refractivity contribution in [3.8, 4) is 11.3 Å². The van der Waals surface area contributed by atoms with Crippen LogP contribution >= 0.6 is 0 Å². The molecule has 0 radical (unpaired) electrons. The first-order chi connectivity index (χ1) is 15.4. The largest absolute Gasteiger partial charge is 0.379 e. The van der Waals surface area contributed by atoms with Crippen molar-refractivity contribution in [1.82, 2.24) is 29.5 Å². The van der Waals surface area contributed by atoms with Gasteiger partial charge in [0, 0.05) is 44.0 Å². The van der Waals surface area contributed by atoms with Crippen LogP contribution in [0.5, 0.6) is 0 Å². The van der Waals surface area contributed by atoms with E-state index >= 15 is 0 Å². The molecule has 0 saturated carbocycles. The smallest absolute Gasteiger partial charge is 0.220 e. The van der Waals surface area contributed by atoms with Gasteiger partial charge in [-0.15, -0.1) is 10.2 Å². The van der Waals surface area contributed by atoms with Gasteiger partial charge in [-0.25, -0.2) is 4.52 Å². The highest BCUT2D eigenvalue weighted by atomic mass is 16.5. The second-order valence-electron chi connectivity index (χ2n) is 8.39. The van der Waals surface area contributed by atoms with Crippen LogP contribution in [0, 0.1) is 13.8 Å². The second kappa shape index (κ2) is 9.48. The van der Waals surface area contributed by atoms with Gasteiger partial charge in [0.2, 0.25) is 5.91 Å². The molecule has 0 unspecified atom stereocenters. The topological polar surface area (TPSA) is 85.8 Å². The highest BCUT2D eigenvalue weighted by molar-refractivity contribution is 5.77. The molecule has 0 fully saturated rings. The van der Waals surface area contributed by atoms with E-state index in [0.29, 0.717) is 26.0 Å². The number of amides is 1. The van der Waals surface area contributed by atoms with Gasteiger partial charge in [0.15, 0.2) is 5.65 Å². The fourth-order valence-corrected chi connectivity index (χ4v) is 3.60. The van der Waals surface area contributed by atoms with Crippen molar-refractivity contribution in [2.75, 3.05) is 13.2 Å². The standard InChI is InChI=1S/C24H30N6O2/c1-16(2)32-13-5-10-25-23(31)9-8-22-26-27-24-21-15-20(28-30(21)12-11-29(22)24)19-7-6-17(3)18(4)14-19/h6-7,11-12,14-16H,5,8-10,13H2,1-4H3,(H,25,31). The third-order valence-corrected chi connectivity index (χ3v) is 5.56. The van der Waals surface area contributed by atoms with E-state index in [0.717, 1.165) is 34.7 Å². The minimum absolute atomic E-state index is 0.00811. The quantitative estimate of drug-likeness (QED) is 0.407. The summed E-state index contributed by atoms with van der Waals surface area (Å²) in [6.07, 6.45) is 5.70. The van der Waals surface area contributed by atoms with E-state index in [9.17, 15) is 4.79 Å². The highest BCUT2D eigenvalue weighted by Crippen LogP contribution is 2.24. The average Bonchev–Trinajstić information content (AvgIpc) is 3.37. The molecular formula is C24H30N6O2. The first-order valence-corrected chi connectivity index (χ1v) is 11.1. The Bertz CT molecular complexity index is 1240. The van der Waals surface area contributed by atoms with Crippen LogP contribution in [0.15, 0.2) is 36.7 Å². The number of nitrogens with one attached hydrogen (secondary N) is 1. The van der Waals surface area contributed by atoms with Crippen LogP contribution in [-0.2, 0) is 16.0 Å². The maximum absolute atomic E-state index is 12.2. The van der Waals surface area contributed by atoms with Crippen LogP contribution in [0.2, 0.25) is 0 Å². The minimum atomic E-state index is 0.00811. The maximum atomic E-state index is 12.2. The number of hydrogen-bond acceptors (Lipinski definition) is 5. The molecule has 3 aromatic heterocycles. The van der Waals surface area contributed by atoms with Gasteiger partial charge in [-0.2, -0.15) is 5.10 Å². The zero-order valence-electron chi connectivity index (χ0n) is 19.1. The number of rotatable bonds is 9. The Labute approximate surface area is 187 Å². The number of carbonyl (C=O) groups is 1. The zero-order valence-corrected chi connectivity index (χ0v) is 19.1. The summed E-state index contributed by atoms with van der Waals surface area (Å²) in [7, 11) is 0. The van der Waals surface area contributed by atoms with Crippen LogP contribution in [0.3, 0.4) is 0 Å². The van der Waals surface area contributed by atoms with Crippen LogP contribution in [-0.4, -0.2) is 49.4 Å². The minimum Gasteiger partial charge on any atom is -0.379 e. The van der Waals surface area contributed by atoms with Gasteiger partial charge < -0.3 is 10.1 Å². The lowest BCUT2D eigenvalue weighted by atomic mass is 10.0. The third kappa shape index (κ3) is 4.80. The number of fused-ring (bicyclic) bond motifs is 3. The molecule has 4 aromatic rings. The van der Waals surface area contributed by atoms with E-state index in [1.807, 2.05) is 41.2 Å². The number of nitrogens with zero attached hydrogens (tertiary/aromatic N) is 5. The molecule has 0 aliphatic rings. The molecule has 1 amide bonds. The average molecular weight is 435 g/mol. The van der Waals surface area contributed by atoms with Crippen LogP contribution in [0.4, 0.5) is 0 Å². The van der Waals surface area contributed by atoms with E-state index in [1.165, 1.54) is 11.1 Å². The molecule has 0 spiro atoms. The van der Waals surface area contributed by atoms with Gasteiger partial charge in [-0.3, -0.25) is 9.20 Å². The van der Waals surface area contributed by atoms with Crippen molar-refractivity contribution in [3.63, 3.8) is 0 Å². The number of ether oxygens (including phenoxy) is 1. The van der Waals surface area contributed by atoms with Crippen molar-refractivity contribution < 1.29 is 9.53 Å². The van der Waals surface area contributed by atoms with Crippen molar-refractivity contribution in [2.24, 2.45) is 0 Å². The van der Waals surface area contributed by atoms with E-state index < -0.39 is 0 Å². The monoisotopic (exact) mass is 434 g/mol. The second-order valence-corrected chi connectivity index (χ2v) is 8.39. The zero-order chi connectivity index (χ0) is 22.7. The fourth-order valence-electron chi connectivity index (χ4n) is 3.60. The van der Waals surface area contributed by atoms with Gasteiger partial charge >= 0.3 is 0 Å². The summed E-state index contributed by atoms with van der Waals surface area (Å²) in [6, 6.07) is 8.38. The molecule has 0 saturated heterocycles. The normalized spacial score (nSPS) is 11.7. The number of aryl methyl sites for hydroxylation is 3. The molecule has 3 heterocycles. The summed E-state index contributed by atoms with van der Waals surface area (Å²) in [5.41, 5.74) is 6.08. The lowest BCUT2D eigenvalue weighted by molar-refractivity contribution is -0.121. The van der Waals surface area contributed by atoms with Crippen LogP contribution in [0.25, 0.3) is 22.4 Å². The van der Waals surface area contributed by atoms with Crippen molar-refractivity contribution in [2.45, 2.75) is 53.1 Å². The Morgan fingerprint density at radius 2 is 1.97 bits per heavy atom. The highest BCUT2D eigenvalue weighted by Gasteiger charge is 2.14. The lowest BCUT2D eigenvalue weighted by Gasteiger charge is -2.08. The predicted molar refractivity (Wildman–Crippen MR) is 124 cm³/mol. The molecule has 0 aliphatic carbocycles. The molecule has 0 bridgehead atoms. The molecule has 4 rings (SSSR count). The Morgan fingerprint density at radius 1 is 1.12 bits per heavy atom. The molecule has 0 atom stereocenters. The van der Waals surface area contributed by atoms with E-state index in [1.54, 1.807) is 0 Å². The van der Waals surface area contributed by atoms with Gasteiger partial charge in [0.25, 0.3) is 0 Å². The molecule has 8 nitrogen and oxygen atoms in total. The molecule has 1 aromatic carbocycles. The van der Waals surface area contributed by atoms with Gasteiger partial charge in [0.1, 0.15) is 11.3 Å². The summed E-state index contributed by atoms with van der Waals surface area (Å²) >= 11 is 0. The summed E-state index contributed by atoms with van der Waals surface area (Å²) < 4.78 is 9.25. The third-order valence-electron chi connectivity index (χ3n) is 5.56. The Kier molecular flexibility index (Phi) is 6.50. The molecular weight excluding hydrogens is 404 g/mol. The first-order valence-electron chi connectivity index (χ1n) is 11.1. The van der Waals surface area contributed by atoms with Gasteiger partial charge in [-0.1, -0.05) is 12.1 Å². The van der Waals surface area contributed by atoms with Crippen molar-refractivity contribution in [1.29, 1.82) is 0 Å². The molecule has 32 heavy (non-hydrogen) atoms. The summed E-state index contributed by atoms with van der Waals surface area (Å²) in [5.74, 6) is 0.767. The predicted octanol–water partition coefficient (Wildman–Crippen LogP) is 3.52. The number of aromatic nitrogens is 5. The molecule has 0 aliphatic heterocycles. The Balaban J connectivity index is 1.44. The number of carbonyl (C=O) groups excluding carboxylic acids is 1. The number of benzene rings is 1. The summed E-state index contributed by atoms with van der Waals surface area (Å²) in [4.78, 5) is 12.2. The van der Waals surface area contributed by atoms with Gasteiger partial charge in [0.05, 0.1) is 11.8 Å². The maximum Gasteiger partial charge on any atom is 0.220 e. The molecule has 168 valence electrons. The van der Waals surface area contributed by atoms with E-state index in [-0.39, 0.29) is 12.0 Å². The van der Waals surface area contributed by atoms with Crippen LogP contribution in [0.1, 0.15) is 43.6 Å². The first kappa shape index (κ1) is 22.0. The van der Waals surface area contributed by atoms with Crippen molar-refractivity contribution in [3.05, 3.63) is 53.6 Å². The lowest BCUT2D eigenvalue weighted by Crippen LogP contribution is -2.26. The SMILES string of the molecule is Cc1ccc(-c2cc3c4nnc(CCC(=O)NCCCOC(C)C)n4ccn3n2)cc1C. The van der Waals surface area contributed by atoms with Crippen molar-refractivity contribution >= 4 is 17.1 Å². The van der Waals surface area contributed by atoms with Crippen LogP contribution < -0.4 is 5.32 Å². The van der Waals surface area contributed by atoms with Gasteiger partial charge in [-0.05, 0) is 57.4 Å². The Morgan fingerprint density at radius 3 is 2.75 bits per heavy atom. The molecule has 8 heteroatoms.